The van der Waals surface area contributed by atoms with Gasteiger partial charge in [0, 0.05) is 0 Å². The predicted octanol–water partition coefficient (Wildman–Crippen LogP) is 3.93. The molecule has 0 aromatic carbocycles. The maximum absolute atomic E-state index is 4.24. The second-order valence-electron chi connectivity index (χ2n) is 3.67. The largest absolute Gasteiger partial charge is 0.179 e. The summed E-state index contributed by atoms with van der Waals surface area (Å²) in [7, 11) is 0. The fourth-order valence-corrected chi connectivity index (χ4v) is 1.57. The molecule has 0 radical (unpaired) electrons. The van der Waals surface area contributed by atoms with E-state index in [1.807, 2.05) is 0 Å². The van der Waals surface area contributed by atoms with E-state index >= 15 is 0 Å². The average molecular weight is 186 g/mol. The quantitative estimate of drug-likeness (QED) is 0.471. The van der Waals surface area contributed by atoms with E-state index in [1.165, 1.54) is 19.3 Å². The van der Waals surface area contributed by atoms with Crippen molar-refractivity contribution in [2.24, 2.45) is 11.8 Å². The lowest BCUT2D eigenvalue weighted by atomic mass is 9.88. The lowest BCUT2D eigenvalue weighted by molar-refractivity contribution is 0.361. The van der Waals surface area contributed by atoms with Gasteiger partial charge < -0.3 is 0 Å². The number of hydrogen-bond donors (Lipinski definition) is 1. The Labute approximate surface area is 82.9 Å². The van der Waals surface area contributed by atoms with Crippen molar-refractivity contribution in [3.63, 3.8) is 0 Å². The topological polar surface area (TPSA) is 0 Å². The Bertz CT molecular complexity index is 116. The SMILES string of the molecule is C/C=C/CC(CCCS)C(C)C. The smallest absolute Gasteiger partial charge is 0.00978 e. The van der Waals surface area contributed by atoms with Crippen LogP contribution in [0.4, 0.5) is 0 Å². The van der Waals surface area contributed by atoms with Gasteiger partial charge in [0.05, 0.1) is 0 Å². The summed E-state index contributed by atoms with van der Waals surface area (Å²) in [6, 6.07) is 0. The van der Waals surface area contributed by atoms with E-state index in [0.29, 0.717) is 0 Å². The van der Waals surface area contributed by atoms with Gasteiger partial charge in [0.15, 0.2) is 0 Å². The highest BCUT2D eigenvalue weighted by Gasteiger charge is 2.10. The molecule has 0 aliphatic carbocycles. The summed E-state index contributed by atoms with van der Waals surface area (Å²) in [5.41, 5.74) is 0. The molecule has 0 saturated carbocycles. The minimum absolute atomic E-state index is 0.807. The highest BCUT2D eigenvalue weighted by atomic mass is 32.1. The molecule has 0 aliphatic rings. The molecule has 0 rings (SSSR count). The van der Waals surface area contributed by atoms with Crippen LogP contribution in [0.25, 0.3) is 0 Å². The van der Waals surface area contributed by atoms with Gasteiger partial charge in [-0.15, -0.1) is 0 Å². The number of thiol groups is 1. The van der Waals surface area contributed by atoms with E-state index in [0.717, 1.165) is 17.6 Å². The molecule has 0 saturated heterocycles. The van der Waals surface area contributed by atoms with Crippen LogP contribution in [0.15, 0.2) is 12.2 Å². The van der Waals surface area contributed by atoms with Crippen molar-refractivity contribution in [2.75, 3.05) is 5.75 Å². The summed E-state index contributed by atoms with van der Waals surface area (Å²) in [5, 5.41) is 0. The zero-order chi connectivity index (χ0) is 9.40. The second kappa shape index (κ2) is 7.72. The first-order valence-electron chi connectivity index (χ1n) is 4.94. The summed E-state index contributed by atoms with van der Waals surface area (Å²) in [5.74, 6) is 2.69. The van der Waals surface area contributed by atoms with Gasteiger partial charge in [-0.25, -0.2) is 0 Å². The Morgan fingerprint density at radius 2 is 2.00 bits per heavy atom. The monoisotopic (exact) mass is 186 g/mol. The summed E-state index contributed by atoms with van der Waals surface area (Å²) in [6.07, 6.45) is 8.25. The van der Waals surface area contributed by atoms with Gasteiger partial charge in [-0.05, 0) is 43.8 Å². The Balaban J connectivity index is 3.70. The van der Waals surface area contributed by atoms with Gasteiger partial charge in [0.25, 0.3) is 0 Å². The van der Waals surface area contributed by atoms with E-state index in [-0.39, 0.29) is 0 Å². The third-order valence-corrected chi connectivity index (χ3v) is 2.67. The third kappa shape index (κ3) is 5.70. The summed E-state index contributed by atoms with van der Waals surface area (Å²) >= 11 is 4.24. The molecule has 0 amide bonds. The van der Waals surface area contributed by atoms with Crippen LogP contribution in [0, 0.1) is 11.8 Å². The molecule has 0 fully saturated rings. The second-order valence-corrected chi connectivity index (χ2v) is 4.12. The minimum atomic E-state index is 0.807. The standard InChI is InChI=1S/C11H22S/c1-4-5-7-11(10(2)3)8-6-9-12/h4-5,10-12H,6-9H2,1-3H3/b5-4+. The number of rotatable bonds is 6. The van der Waals surface area contributed by atoms with Gasteiger partial charge in [-0.1, -0.05) is 26.0 Å². The fourth-order valence-electron chi connectivity index (χ4n) is 1.39. The third-order valence-electron chi connectivity index (χ3n) is 2.35. The lowest BCUT2D eigenvalue weighted by Crippen LogP contribution is -2.07. The molecule has 0 aromatic heterocycles. The van der Waals surface area contributed by atoms with Crippen LogP contribution in [0.2, 0.25) is 0 Å². The zero-order valence-corrected chi connectivity index (χ0v) is 9.48. The van der Waals surface area contributed by atoms with Crippen molar-refractivity contribution in [3.8, 4) is 0 Å². The van der Waals surface area contributed by atoms with Crippen LogP contribution in [0.3, 0.4) is 0 Å². The molecule has 1 heteroatoms. The van der Waals surface area contributed by atoms with Crippen LogP contribution in [0.5, 0.6) is 0 Å². The van der Waals surface area contributed by atoms with Crippen LogP contribution in [-0.2, 0) is 0 Å². The van der Waals surface area contributed by atoms with Gasteiger partial charge in [-0.3, -0.25) is 0 Å². The van der Waals surface area contributed by atoms with E-state index in [2.05, 4.69) is 45.6 Å². The molecule has 0 aliphatic heterocycles. The molecular formula is C11H22S. The predicted molar refractivity (Wildman–Crippen MR) is 60.8 cm³/mol. The van der Waals surface area contributed by atoms with Crippen molar-refractivity contribution >= 4 is 12.6 Å². The first-order valence-corrected chi connectivity index (χ1v) is 5.57. The molecule has 0 heterocycles. The van der Waals surface area contributed by atoms with Crippen molar-refractivity contribution in [1.29, 1.82) is 0 Å². The molecular weight excluding hydrogens is 164 g/mol. The maximum atomic E-state index is 4.24. The summed E-state index contributed by atoms with van der Waals surface area (Å²) in [4.78, 5) is 0. The van der Waals surface area contributed by atoms with Crippen LogP contribution >= 0.6 is 12.6 Å². The van der Waals surface area contributed by atoms with Gasteiger partial charge in [0.1, 0.15) is 0 Å². The minimum Gasteiger partial charge on any atom is -0.179 e. The molecule has 0 bridgehead atoms. The molecule has 0 spiro atoms. The van der Waals surface area contributed by atoms with Crippen molar-refractivity contribution in [1.82, 2.24) is 0 Å². The van der Waals surface area contributed by atoms with Crippen molar-refractivity contribution in [3.05, 3.63) is 12.2 Å². The molecule has 72 valence electrons. The summed E-state index contributed by atoms with van der Waals surface area (Å²) in [6.45, 7) is 6.72. The van der Waals surface area contributed by atoms with E-state index < -0.39 is 0 Å². The Hall–Kier alpha value is 0.0900. The molecule has 0 N–H and O–H groups in total. The summed E-state index contributed by atoms with van der Waals surface area (Å²) < 4.78 is 0. The van der Waals surface area contributed by atoms with Gasteiger partial charge in [-0.2, -0.15) is 12.6 Å². The molecule has 1 atom stereocenters. The van der Waals surface area contributed by atoms with E-state index in [9.17, 15) is 0 Å². The van der Waals surface area contributed by atoms with Gasteiger partial charge in [0.2, 0.25) is 0 Å². The Morgan fingerprint density at radius 1 is 1.33 bits per heavy atom. The van der Waals surface area contributed by atoms with E-state index in [1.54, 1.807) is 0 Å². The lowest BCUT2D eigenvalue weighted by Gasteiger charge is -2.18. The van der Waals surface area contributed by atoms with Crippen molar-refractivity contribution in [2.45, 2.75) is 40.0 Å². The molecule has 0 nitrogen and oxygen atoms in total. The highest BCUT2D eigenvalue weighted by molar-refractivity contribution is 7.80. The van der Waals surface area contributed by atoms with E-state index in [4.69, 9.17) is 0 Å². The first kappa shape index (κ1) is 12.1. The average Bonchev–Trinajstić information content (AvgIpc) is 2.04. The van der Waals surface area contributed by atoms with Crippen LogP contribution in [-0.4, -0.2) is 5.75 Å². The highest BCUT2D eigenvalue weighted by Crippen LogP contribution is 2.21. The molecule has 12 heavy (non-hydrogen) atoms. The maximum Gasteiger partial charge on any atom is -0.00978 e. The zero-order valence-electron chi connectivity index (χ0n) is 8.59. The first-order chi connectivity index (χ1) is 5.72. The van der Waals surface area contributed by atoms with Crippen LogP contribution in [0.1, 0.15) is 40.0 Å². The number of allylic oxidation sites excluding steroid dienone is 2. The van der Waals surface area contributed by atoms with Crippen LogP contribution < -0.4 is 0 Å². The Morgan fingerprint density at radius 3 is 2.42 bits per heavy atom. The van der Waals surface area contributed by atoms with Gasteiger partial charge >= 0.3 is 0 Å². The normalized spacial score (nSPS) is 14.4. The number of hydrogen-bond acceptors (Lipinski definition) is 1. The molecule has 1 unspecified atom stereocenters. The molecule has 0 aromatic rings. The fraction of sp³-hybridized carbons (Fsp3) is 0.818. The Kier molecular flexibility index (Phi) is 7.78. The van der Waals surface area contributed by atoms with Crippen molar-refractivity contribution < 1.29 is 0 Å².